The van der Waals surface area contributed by atoms with Gasteiger partial charge in [0.25, 0.3) is 0 Å². The van der Waals surface area contributed by atoms with Crippen molar-refractivity contribution < 1.29 is 4.52 Å². The quantitative estimate of drug-likeness (QED) is 0.513. The van der Waals surface area contributed by atoms with Crippen molar-refractivity contribution in [1.82, 2.24) is 30.6 Å². The standard InChI is InChI=1S/C19H25N7O/c1-5-20-19(22-12-18-23-15(4)27-25-18)21-11-16-8-6-7-9-17(16)26-14(3)10-13(2)24-26/h6-10H,5,11-12H2,1-4H3,(H2,20,21,22). The van der Waals surface area contributed by atoms with E-state index in [0.29, 0.717) is 30.8 Å². The third-order valence-electron chi connectivity index (χ3n) is 3.96. The first-order chi connectivity index (χ1) is 13.1. The molecule has 2 heterocycles. The van der Waals surface area contributed by atoms with E-state index in [9.17, 15) is 0 Å². The molecule has 0 bridgehead atoms. The molecule has 0 aliphatic carbocycles. The van der Waals surface area contributed by atoms with Crippen LogP contribution in [0.25, 0.3) is 5.69 Å². The molecule has 0 atom stereocenters. The van der Waals surface area contributed by atoms with Gasteiger partial charge in [0.15, 0.2) is 11.8 Å². The van der Waals surface area contributed by atoms with E-state index in [1.165, 1.54) is 0 Å². The predicted molar refractivity (Wildman–Crippen MR) is 104 cm³/mol. The third kappa shape index (κ3) is 4.72. The van der Waals surface area contributed by atoms with Crippen molar-refractivity contribution in [3.63, 3.8) is 0 Å². The van der Waals surface area contributed by atoms with Crippen LogP contribution in [0.15, 0.2) is 39.8 Å². The van der Waals surface area contributed by atoms with Crippen LogP contribution in [0.2, 0.25) is 0 Å². The maximum atomic E-state index is 4.99. The first kappa shape index (κ1) is 18.6. The minimum absolute atomic E-state index is 0.447. The number of nitrogens with zero attached hydrogens (tertiary/aromatic N) is 5. The summed E-state index contributed by atoms with van der Waals surface area (Å²) in [6, 6.07) is 10.2. The van der Waals surface area contributed by atoms with Crippen LogP contribution in [0.1, 0.15) is 35.6 Å². The van der Waals surface area contributed by atoms with Crippen LogP contribution in [0, 0.1) is 20.8 Å². The molecule has 3 aromatic rings. The van der Waals surface area contributed by atoms with Crippen molar-refractivity contribution in [2.24, 2.45) is 4.99 Å². The Hall–Kier alpha value is -3.16. The van der Waals surface area contributed by atoms with E-state index in [1.807, 2.05) is 30.7 Å². The van der Waals surface area contributed by atoms with Crippen LogP contribution in [-0.4, -0.2) is 32.4 Å². The van der Waals surface area contributed by atoms with E-state index in [4.69, 9.17) is 9.52 Å². The number of hydrogen-bond acceptors (Lipinski definition) is 5. The summed E-state index contributed by atoms with van der Waals surface area (Å²) >= 11 is 0. The van der Waals surface area contributed by atoms with Crippen LogP contribution < -0.4 is 10.6 Å². The molecule has 0 aliphatic heterocycles. The third-order valence-corrected chi connectivity index (χ3v) is 3.96. The van der Waals surface area contributed by atoms with Gasteiger partial charge in [-0.3, -0.25) is 0 Å². The van der Waals surface area contributed by atoms with Gasteiger partial charge >= 0.3 is 0 Å². The van der Waals surface area contributed by atoms with Crippen molar-refractivity contribution in [1.29, 1.82) is 0 Å². The van der Waals surface area contributed by atoms with Crippen molar-refractivity contribution in [3.8, 4) is 5.69 Å². The molecular weight excluding hydrogens is 342 g/mol. The zero-order valence-electron chi connectivity index (χ0n) is 16.2. The van der Waals surface area contributed by atoms with Gasteiger partial charge in [0.1, 0.15) is 0 Å². The van der Waals surface area contributed by atoms with Crippen LogP contribution in [0.5, 0.6) is 0 Å². The highest BCUT2D eigenvalue weighted by molar-refractivity contribution is 5.79. The van der Waals surface area contributed by atoms with Crippen LogP contribution in [-0.2, 0) is 13.1 Å². The van der Waals surface area contributed by atoms with Gasteiger partial charge in [-0.1, -0.05) is 23.4 Å². The predicted octanol–water partition coefficient (Wildman–Crippen LogP) is 2.44. The molecule has 0 amide bonds. The van der Waals surface area contributed by atoms with Crippen LogP contribution in [0.3, 0.4) is 0 Å². The Kier molecular flexibility index (Phi) is 5.85. The average Bonchev–Trinajstić information content (AvgIpc) is 3.22. The second-order valence-electron chi connectivity index (χ2n) is 6.25. The fourth-order valence-electron chi connectivity index (χ4n) is 2.81. The monoisotopic (exact) mass is 367 g/mol. The molecule has 0 fully saturated rings. The molecule has 3 rings (SSSR count). The van der Waals surface area contributed by atoms with E-state index >= 15 is 0 Å². The molecule has 0 unspecified atom stereocenters. The maximum Gasteiger partial charge on any atom is 0.223 e. The van der Waals surface area contributed by atoms with Crippen molar-refractivity contribution >= 4 is 5.96 Å². The molecule has 8 nitrogen and oxygen atoms in total. The summed E-state index contributed by atoms with van der Waals surface area (Å²) in [4.78, 5) is 8.89. The summed E-state index contributed by atoms with van der Waals surface area (Å²) < 4.78 is 6.95. The van der Waals surface area contributed by atoms with Gasteiger partial charge in [0.05, 0.1) is 24.5 Å². The Bertz CT molecular complexity index is 926. The second-order valence-corrected chi connectivity index (χ2v) is 6.25. The lowest BCUT2D eigenvalue weighted by molar-refractivity contribution is 0.387. The topological polar surface area (TPSA) is 93.2 Å². The van der Waals surface area contributed by atoms with Gasteiger partial charge in [-0.25, -0.2) is 9.67 Å². The summed E-state index contributed by atoms with van der Waals surface area (Å²) in [5.41, 5.74) is 4.23. The Morgan fingerprint density at radius 1 is 1.19 bits per heavy atom. The van der Waals surface area contributed by atoms with E-state index in [1.54, 1.807) is 6.92 Å². The van der Waals surface area contributed by atoms with Crippen molar-refractivity contribution in [3.05, 3.63) is 59.0 Å². The highest BCUT2D eigenvalue weighted by atomic mass is 16.5. The fraction of sp³-hybridized carbons (Fsp3) is 0.368. The molecule has 27 heavy (non-hydrogen) atoms. The minimum atomic E-state index is 0.447. The summed E-state index contributed by atoms with van der Waals surface area (Å²) in [5.74, 6) is 1.84. The summed E-state index contributed by atoms with van der Waals surface area (Å²) in [6.07, 6.45) is 0. The highest BCUT2D eigenvalue weighted by Crippen LogP contribution is 2.17. The molecule has 0 saturated heterocycles. The number of rotatable bonds is 6. The molecule has 0 spiro atoms. The van der Waals surface area contributed by atoms with E-state index in [-0.39, 0.29) is 0 Å². The Morgan fingerprint density at radius 2 is 2.00 bits per heavy atom. The second kappa shape index (κ2) is 8.48. The molecule has 8 heteroatoms. The maximum absolute atomic E-state index is 4.99. The zero-order valence-corrected chi connectivity index (χ0v) is 16.2. The number of para-hydroxylation sites is 1. The van der Waals surface area contributed by atoms with Gasteiger partial charge < -0.3 is 15.2 Å². The fourth-order valence-corrected chi connectivity index (χ4v) is 2.81. The molecule has 2 N–H and O–H groups in total. The number of aromatic nitrogens is 4. The van der Waals surface area contributed by atoms with Gasteiger partial charge in [0, 0.05) is 19.2 Å². The average molecular weight is 367 g/mol. The summed E-state index contributed by atoms with van der Waals surface area (Å²) in [6.45, 7) is 9.58. The smallest absolute Gasteiger partial charge is 0.223 e. The number of benzene rings is 1. The number of guanidine groups is 1. The first-order valence-electron chi connectivity index (χ1n) is 8.99. The first-order valence-corrected chi connectivity index (χ1v) is 8.99. The molecular formula is C19H25N7O. The largest absolute Gasteiger partial charge is 0.357 e. The normalized spacial score (nSPS) is 11.6. The van der Waals surface area contributed by atoms with Crippen LogP contribution >= 0.6 is 0 Å². The number of hydrogen-bond donors (Lipinski definition) is 2. The molecule has 1 aromatic carbocycles. The Balaban J connectivity index is 1.77. The summed E-state index contributed by atoms with van der Waals surface area (Å²) in [7, 11) is 0. The zero-order chi connectivity index (χ0) is 19.2. The highest BCUT2D eigenvalue weighted by Gasteiger charge is 2.09. The lowest BCUT2D eigenvalue weighted by Gasteiger charge is -2.12. The van der Waals surface area contributed by atoms with E-state index < -0.39 is 0 Å². The van der Waals surface area contributed by atoms with Gasteiger partial charge in [-0.2, -0.15) is 10.1 Å². The molecule has 2 aromatic heterocycles. The molecule has 0 saturated carbocycles. The Labute approximate surface area is 158 Å². The van der Waals surface area contributed by atoms with Crippen LogP contribution in [0.4, 0.5) is 0 Å². The van der Waals surface area contributed by atoms with Gasteiger partial charge in [-0.05, 0) is 38.5 Å². The molecule has 142 valence electrons. The number of aryl methyl sites for hydroxylation is 3. The minimum Gasteiger partial charge on any atom is -0.357 e. The van der Waals surface area contributed by atoms with Gasteiger partial charge in [-0.15, -0.1) is 0 Å². The SMILES string of the molecule is CCNC(=NCc1ccccc1-n1nc(C)cc1C)NCc1noc(C)n1. The van der Waals surface area contributed by atoms with E-state index in [2.05, 4.69) is 51.0 Å². The molecule has 0 radical (unpaired) electrons. The lowest BCUT2D eigenvalue weighted by Crippen LogP contribution is -2.37. The molecule has 0 aliphatic rings. The number of nitrogens with one attached hydrogen (secondary N) is 2. The number of aliphatic imine (C=N–C) groups is 1. The van der Waals surface area contributed by atoms with Crippen molar-refractivity contribution in [2.75, 3.05) is 6.54 Å². The Morgan fingerprint density at radius 3 is 2.67 bits per heavy atom. The lowest BCUT2D eigenvalue weighted by atomic mass is 10.2. The van der Waals surface area contributed by atoms with Crippen molar-refractivity contribution in [2.45, 2.75) is 40.8 Å². The van der Waals surface area contributed by atoms with E-state index in [0.717, 1.165) is 29.2 Å². The summed E-state index contributed by atoms with van der Waals surface area (Å²) in [5, 5.41) is 14.9. The van der Waals surface area contributed by atoms with Gasteiger partial charge in [0.2, 0.25) is 5.89 Å².